The highest BCUT2D eigenvalue weighted by atomic mass is 16.6. The van der Waals surface area contributed by atoms with Gasteiger partial charge >= 0.3 is 0 Å². The highest BCUT2D eigenvalue weighted by Gasteiger charge is 2.04. The summed E-state index contributed by atoms with van der Waals surface area (Å²) in [5.41, 5.74) is 0.849. The Hall–Kier alpha value is -3.16. The third-order valence-corrected chi connectivity index (χ3v) is 2.40. The van der Waals surface area contributed by atoms with Gasteiger partial charge in [0.1, 0.15) is 0 Å². The van der Waals surface area contributed by atoms with Gasteiger partial charge in [-0.15, -0.1) is 0 Å². The van der Waals surface area contributed by atoms with Gasteiger partial charge < -0.3 is 0 Å². The van der Waals surface area contributed by atoms with Crippen molar-refractivity contribution in [1.29, 1.82) is 0 Å². The van der Waals surface area contributed by atoms with E-state index in [1.807, 2.05) is 0 Å². The lowest BCUT2D eigenvalue weighted by molar-refractivity contribution is -0.385. The van der Waals surface area contributed by atoms with Crippen LogP contribution >= 0.6 is 0 Å². The monoisotopic (exact) mass is 272 g/mol. The van der Waals surface area contributed by atoms with Crippen LogP contribution in [0.15, 0.2) is 58.8 Å². The van der Waals surface area contributed by atoms with Gasteiger partial charge in [-0.25, -0.2) is 0 Å². The molecule has 2 aromatic rings. The Morgan fingerprint density at radius 3 is 1.20 bits per heavy atom. The van der Waals surface area contributed by atoms with Gasteiger partial charge in [-0.05, 0) is 24.3 Å². The zero-order chi connectivity index (χ0) is 14.5. The number of hydrogen-bond donors (Lipinski definition) is 0. The van der Waals surface area contributed by atoms with Gasteiger partial charge in [0.2, 0.25) is 0 Å². The predicted octanol–water partition coefficient (Wildman–Crippen LogP) is 3.92. The average Bonchev–Trinajstić information content (AvgIpc) is 2.46. The molecule has 2 rings (SSSR count). The van der Waals surface area contributed by atoms with Crippen LogP contribution in [0.1, 0.15) is 0 Å². The minimum atomic E-state index is -0.503. The average molecular weight is 272 g/mol. The van der Waals surface area contributed by atoms with E-state index in [2.05, 4.69) is 10.2 Å². The third-order valence-electron chi connectivity index (χ3n) is 2.40. The Morgan fingerprint density at radius 2 is 0.950 bits per heavy atom. The zero-order valence-electron chi connectivity index (χ0n) is 10.0. The fraction of sp³-hybridized carbons (Fsp3) is 0. The molecule has 20 heavy (non-hydrogen) atoms. The molecule has 0 amide bonds. The topological polar surface area (TPSA) is 111 Å². The number of hydrogen-bond acceptors (Lipinski definition) is 6. The number of rotatable bonds is 4. The maximum absolute atomic E-state index is 10.5. The SMILES string of the molecule is O=[N+]([O-])c1ccc(N=Nc2ccc([N+](=O)[O-])cc2)cc1. The lowest BCUT2D eigenvalue weighted by Crippen LogP contribution is -1.85. The highest BCUT2D eigenvalue weighted by Crippen LogP contribution is 2.22. The molecule has 0 aromatic heterocycles. The zero-order valence-corrected chi connectivity index (χ0v) is 10.0. The lowest BCUT2D eigenvalue weighted by atomic mass is 10.3. The summed E-state index contributed by atoms with van der Waals surface area (Å²) in [5.74, 6) is 0. The van der Waals surface area contributed by atoms with E-state index in [0.717, 1.165) is 0 Å². The molecule has 0 aliphatic heterocycles. The third kappa shape index (κ3) is 3.19. The maximum Gasteiger partial charge on any atom is 0.269 e. The number of non-ortho nitro benzene ring substituents is 2. The molecule has 0 radical (unpaired) electrons. The van der Waals surface area contributed by atoms with E-state index >= 15 is 0 Å². The normalized spacial score (nSPS) is 10.6. The lowest BCUT2D eigenvalue weighted by Gasteiger charge is -1.94. The summed E-state index contributed by atoms with van der Waals surface area (Å²) >= 11 is 0. The van der Waals surface area contributed by atoms with E-state index in [4.69, 9.17) is 0 Å². The first-order valence-electron chi connectivity index (χ1n) is 5.47. The summed E-state index contributed by atoms with van der Waals surface area (Å²) in [6.07, 6.45) is 0. The van der Waals surface area contributed by atoms with Crippen LogP contribution in [-0.2, 0) is 0 Å². The highest BCUT2D eigenvalue weighted by molar-refractivity contribution is 5.46. The fourth-order valence-electron chi connectivity index (χ4n) is 1.40. The number of benzene rings is 2. The van der Waals surface area contributed by atoms with Gasteiger partial charge in [-0.3, -0.25) is 20.2 Å². The van der Waals surface area contributed by atoms with Crippen molar-refractivity contribution < 1.29 is 9.85 Å². The molecular weight excluding hydrogens is 264 g/mol. The molecule has 2 aromatic carbocycles. The fourth-order valence-corrected chi connectivity index (χ4v) is 1.40. The predicted molar refractivity (Wildman–Crippen MR) is 70.4 cm³/mol. The van der Waals surface area contributed by atoms with Crippen LogP contribution in [-0.4, -0.2) is 9.85 Å². The van der Waals surface area contributed by atoms with Crippen molar-refractivity contribution in [3.8, 4) is 0 Å². The van der Waals surface area contributed by atoms with Gasteiger partial charge in [0.15, 0.2) is 0 Å². The Labute approximate surface area is 112 Å². The second-order valence-electron chi connectivity index (χ2n) is 3.75. The molecule has 0 aliphatic carbocycles. The van der Waals surface area contributed by atoms with E-state index < -0.39 is 9.85 Å². The minimum Gasteiger partial charge on any atom is -0.258 e. The Kier molecular flexibility index (Phi) is 3.75. The van der Waals surface area contributed by atoms with Gasteiger partial charge in [0.25, 0.3) is 11.4 Å². The molecule has 100 valence electrons. The van der Waals surface area contributed by atoms with E-state index in [1.54, 1.807) is 0 Å². The van der Waals surface area contributed by atoms with E-state index in [-0.39, 0.29) is 11.4 Å². The molecule has 0 saturated carbocycles. The van der Waals surface area contributed by atoms with Gasteiger partial charge in [-0.1, -0.05) is 0 Å². The van der Waals surface area contributed by atoms with Gasteiger partial charge in [0, 0.05) is 24.3 Å². The van der Waals surface area contributed by atoms with Crippen molar-refractivity contribution in [2.24, 2.45) is 10.2 Å². The minimum absolute atomic E-state index is 0.0284. The summed E-state index contributed by atoms with van der Waals surface area (Å²) in [6.45, 7) is 0. The first-order chi connectivity index (χ1) is 9.56. The van der Waals surface area contributed by atoms with Crippen LogP contribution in [0.4, 0.5) is 22.7 Å². The van der Waals surface area contributed by atoms with Crippen LogP contribution in [0.25, 0.3) is 0 Å². The van der Waals surface area contributed by atoms with E-state index in [0.29, 0.717) is 11.4 Å². The summed E-state index contributed by atoms with van der Waals surface area (Å²) in [4.78, 5) is 19.9. The molecule has 0 N–H and O–H groups in total. The van der Waals surface area contributed by atoms with Gasteiger partial charge in [-0.2, -0.15) is 10.2 Å². The van der Waals surface area contributed by atoms with Crippen molar-refractivity contribution in [3.63, 3.8) is 0 Å². The quantitative estimate of drug-likeness (QED) is 0.477. The molecule has 8 nitrogen and oxygen atoms in total. The first kappa shape index (κ1) is 13.3. The van der Waals surface area contributed by atoms with Crippen LogP contribution in [0.5, 0.6) is 0 Å². The largest absolute Gasteiger partial charge is 0.269 e. The molecule has 0 aliphatic rings. The molecule has 0 bridgehead atoms. The standard InChI is InChI=1S/C12H8N4O4/c17-15(18)11-5-1-9(2-6-11)13-14-10-3-7-12(8-4-10)16(19)20/h1-8H. The molecule has 0 atom stereocenters. The number of azo groups is 1. The van der Waals surface area contributed by atoms with Crippen LogP contribution < -0.4 is 0 Å². The van der Waals surface area contributed by atoms with Crippen molar-refractivity contribution in [1.82, 2.24) is 0 Å². The molecule has 0 spiro atoms. The smallest absolute Gasteiger partial charge is 0.258 e. The second-order valence-corrected chi connectivity index (χ2v) is 3.75. The Bertz CT molecular complexity index is 605. The Morgan fingerprint density at radius 1 is 0.650 bits per heavy atom. The van der Waals surface area contributed by atoms with E-state index in [9.17, 15) is 20.2 Å². The molecule has 0 saturated heterocycles. The van der Waals surface area contributed by atoms with Crippen LogP contribution in [0.2, 0.25) is 0 Å². The van der Waals surface area contributed by atoms with Crippen LogP contribution in [0, 0.1) is 20.2 Å². The van der Waals surface area contributed by atoms with Gasteiger partial charge in [0.05, 0.1) is 21.2 Å². The van der Waals surface area contributed by atoms with E-state index in [1.165, 1.54) is 48.5 Å². The van der Waals surface area contributed by atoms with Crippen LogP contribution in [0.3, 0.4) is 0 Å². The molecule has 8 heteroatoms. The number of nitro groups is 2. The van der Waals surface area contributed by atoms with Crippen molar-refractivity contribution in [3.05, 3.63) is 68.8 Å². The molecule has 0 heterocycles. The maximum atomic E-state index is 10.5. The molecule has 0 unspecified atom stereocenters. The Balaban J connectivity index is 2.12. The van der Waals surface area contributed by atoms with Crippen molar-refractivity contribution >= 4 is 22.7 Å². The summed E-state index contributed by atoms with van der Waals surface area (Å²) < 4.78 is 0. The first-order valence-corrected chi connectivity index (χ1v) is 5.47. The number of nitro benzene ring substituents is 2. The summed E-state index contributed by atoms with van der Waals surface area (Å²) in [7, 11) is 0. The summed E-state index contributed by atoms with van der Waals surface area (Å²) in [5, 5.41) is 28.7. The molecular formula is C12H8N4O4. The molecule has 0 fully saturated rings. The van der Waals surface area contributed by atoms with Crippen molar-refractivity contribution in [2.75, 3.05) is 0 Å². The number of nitrogens with zero attached hydrogens (tertiary/aromatic N) is 4. The summed E-state index contributed by atoms with van der Waals surface area (Å²) in [6, 6.07) is 11.2. The second kappa shape index (κ2) is 5.65. The van der Waals surface area contributed by atoms with Crippen molar-refractivity contribution in [2.45, 2.75) is 0 Å².